The Hall–Kier alpha value is -0.910. The minimum atomic E-state index is 0.261. The summed E-state index contributed by atoms with van der Waals surface area (Å²) < 4.78 is 0. The first kappa shape index (κ1) is 8.19. The zero-order valence-corrected chi connectivity index (χ0v) is 6.95. The van der Waals surface area contributed by atoms with E-state index in [-0.39, 0.29) is 5.02 Å². The molecule has 11 heavy (non-hydrogen) atoms. The third-order valence-corrected chi connectivity index (χ3v) is 1.83. The summed E-state index contributed by atoms with van der Waals surface area (Å²) in [5.74, 6) is 0. The fraction of sp³-hybridized carbons (Fsp3) is 0. The lowest BCUT2D eigenvalue weighted by molar-refractivity contribution is 1.48. The largest absolute Gasteiger partial charge is 0.397 e. The molecule has 0 heterocycles. The Labute approximate surface area is 74.1 Å². The van der Waals surface area contributed by atoms with Crippen molar-refractivity contribution < 1.29 is 0 Å². The Kier molecular flexibility index (Phi) is 2.23. The van der Waals surface area contributed by atoms with Crippen LogP contribution in [-0.2, 0) is 0 Å². The summed E-state index contributed by atoms with van der Waals surface area (Å²) in [6, 6.07) is 4.86. The van der Waals surface area contributed by atoms with E-state index in [1.165, 1.54) is 12.1 Å². The molecular formula is C7H4Cl2N2. The molecule has 2 N–H and O–H groups in total. The van der Waals surface area contributed by atoms with E-state index in [1.807, 2.05) is 6.07 Å². The number of nitrogens with zero attached hydrogens (tertiary/aromatic N) is 1. The van der Waals surface area contributed by atoms with Gasteiger partial charge in [-0.2, -0.15) is 5.26 Å². The molecule has 2 nitrogen and oxygen atoms in total. The number of nitriles is 1. The molecule has 0 unspecified atom stereocenters. The van der Waals surface area contributed by atoms with Crippen LogP contribution in [0.25, 0.3) is 0 Å². The third kappa shape index (κ3) is 1.56. The number of benzene rings is 1. The SMILES string of the molecule is N#Cc1cc(Cl)cc(N)c1Cl. The van der Waals surface area contributed by atoms with Gasteiger partial charge in [0.25, 0.3) is 0 Å². The van der Waals surface area contributed by atoms with Crippen LogP contribution >= 0.6 is 23.2 Å². The Bertz CT molecular complexity index is 328. The van der Waals surface area contributed by atoms with Crippen molar-refractivity contribution in [1.82, 2.24) is 0 Å². The Morgan fingerprint density at radius 2 is 2.00 bits per heavy atom. The second-order valence-electron chi connectivity index (χ2n) is 1.97. The van der Waals surface area contributed by atoms with Crippen molar-refractivity contribution in [3.63, 3.8) is 0 Å². The predicted octanol–water partition coefficient (Wildman–Crippen LogP) is 2.45. The van der Waals surface area contributed by atoms with Crippen LogP contribution in [0.15, 0.2) is 12.1 Å². The van der Waals surface area contributed by atoms with E-state index in [0.29, 0.717) is 16.3 Å². The highest BCUT2D eigenvalue weighted by Crippen LogP contribution is 2.26. The van der Waals surface area contributed by atoms with Gasteiger partial charge in [-0.25, -0.2) is 0 Å². The van der Waals surface area contributed by atoms with E-state index in [1.54, 1.807) is 0 Å². The lowest BCUT2D eigenvalue weighted by atomic mass is 10.2. The summed E-state index contributed by atoms with van der Waals surface area (Å²) in [5.41, 5.74) is 6.06. The van der Waals surface area contributed by atoms with E-state index in [9.17, 15) is 0 Å². The second-order valence-corrected chi connectivity index (χ2v) is 2.78. The van der Waals surface area contributed by atoms with Crippen LogP contribution in [0.4, 0.5) is 5.69 Å². The maximum absolute atomic E-state index is 8.52. The Morgan fingerprint density at radius 1 is 1.36 bits per heavy atom. The molecule has 1 aromatic rings. The summed E-state index contributed by atoms with van der Waals surface area (Å²) in [5, 5.41) is 9.20. The third-order valence-electron chi connectivity index (χ3n) is 1.19. The molecule has 1 rings (SSSR count). The highest BCUT2D eigenvalue weighted by Gasteiger charge is 2.04. The van der Waals surface area contributed by atoms with Crippen molar-refractivity contribution in [2.24, 2.45) is 0 Å². The fourth-order valence-electron chi connectivity index (χ4n) is 0.692. The molecule has 4 heteroatoms. The average Bonchev–Trinajstić information content (AvgIpc) is 1.96. The maximum Gasteiger partial charge on any atom is 0.101 e. The summed E-state index contributed by atoms with van der Waals surface area (Å²) in [6.07, 6.45) is 0. The van der Waals surface area contributed by atoms with Gasteiger partial charge < -0.3 is 5.73 Å². The van der Waals surface area contributed by atoms with E-state index < -0.39 is 0 Å². The van der Waals surface area contributed by atoms with Crippen molar-refractivity contribution in [2.75, 3.05) is 5.73 Å². The molecule has 0 saturated heterocycles. The molecule has 0 amide bonds. The first-order valence-corrected chi connectivity index (χ1v) is 3.55. The van der Waals surface area contributed by atoms with Crippen LogP contribution < -0.4 is 5.73 Å². The van der Waals surface area contributed by atoms with Crippen molar-refractivity contribution in [3.8, 4) is 6.07 Å². The summed E-state index contributed by atoms with van der Waals surface area (Å²) in [6.45, 7) is 0. The smallest absolute Gasteiger partial charge is 0.101 e. The van der Waals surface area contributed by atoms with Gasteiger partial charge in [0.1, 0.15) is 6.07 Å². The van der Waals surface area contributed by atoms with Gasteiger partial charge in [-0.3, -0.25) is 0 Å². The lowest BCUT2D eigenvalue weighted by Gasteiger charge is -1.99. The number of hydrogen-bond donors (Lipinski definition) is 1. The van der Waals surface area contributed by atoms with Gasteiger partial charge in [-0.15, -0.1) is 0 Å². The predicted molar refractivity (Wildman–Crippen MR) is 45.6 cm³/mol. The molecule has 0 saturated carbocycles. The molecule has 56 valence electrons. The van der Waals surface area contributed by atoms with Gasteiger partial charge in [0.2, 0.25) is 0 Å². The zero-order chi connectivity index (χ0) is 8.43. The normalized spacial score (nSPS) is 9.18. The van der Waals surface area contributed by atoms with Crippen molar-refractivity contribution in [2.45, 2.75) is 0 Å². The average molecular weight is 187 g/mol. The van der Waals surface area contributed by atoms with Crippen LogP contribution in [-0.4, -0.2) is 0 Å². The summed E-state index contributed by atoms with van der Waals surface area (Å²) >= 11 is 11.3. The molecule has 0 fully saturated rings. The first-order valence-electron chi connectivity index (χ1n) is 2.79. The van der Waals surface area contributed by atoms with Crippen LogP contribution in [0, 0.1) is 11.3 Å². The van der Waals surface area contributed by atoms with E-state index >= 15 is 0 Å². The van der Waals surface area contributed by atoms with Gasteiger partial charge in [-0.05, 0) is 12.1 Å². The monoisotopic (exact) mass is 186 g/mol. The van der Waals surface area contributed by atoms with Crippen molar-refractivity contribution in [1.29, 1.82) is 5.26 Å². The van der Waals surface area contributed by atoms with Crippen molar-refractivity contribution in [3.05, 3.63) is 27.7 Å². The first-order chi connectivity index (χ1) is 5.15. The van der Waals surface area contributed by atoms with Crippen molar-refractivity contribution >= 4 is 28.9 Å². The molecule has 0 bridgehead atoms. The fourth-order valence-corrected chi connectivity index (χ4v) is 1.07. The molecule has 0 atom stereocenters. The topological polar surface area (TPSA) is 49.8 Å². The number of nitrogens with two attached hydrogens (primary N) is 1. The highest BCUT2D eigenvalue weighted by atomic mass is 35.5. The molecule has 0 aliphatic carbocycles. The van der Waals surface area contributed by atoms with Gasteiger partial charge in [0, 0.05) is 5.02 Å². The molecule has 1 aromatic carbocycles. The summed E-state index contributed by atoms with van der Waals surface area (Å²) in [7, 11) is 0. The quantitative estimate of drug-likeness (QED) is 0.634. The van der Waals surface area contributed by atoms with E-state index in [2.05, 4.69) is 0 Å². The number of hydrogen-bond acceptors (Lipinski definition) is 2. The molecule has 0 aromatic heterocycles. The Morgan fingerprint density at radius 3 is 2.55 bits per heavy atom. The van der Waals surface area contributed by atoms with E-state index in [0.717, 1.165) is 0 Å². The maximum atomic E-state index is 8.52. The van der Waals surface area contributed by atoms with Gasteiger partial charge in [-0.1, -0.05) is 23.2 Å². The van der Waals surface area contributed by atoms with Crippen LogP contribution in [0.3, 0.4) is 0 Å². The second kappa shape index (κ2) is 3.00. The standard InChI is InChI=1S/C7H4Cl2N2/c8-5-1-4(3-10)7(9)6(11)2-5/h1-2H,11H2. The minimum Gasteiger partial charge on any atom is -0.397 e. The van der Waals surface area contributed by atoms with Gasteiger partial charge >= 0.3 is 0 Å². The zero-order valence-electron chi connectivity index (χ0n) is 5.44. The molecule has 0 spiro atoms. The van der Waals surface area contributed by atoms with Gasteiger partial charge in [0.05, 0.1) is 16.3 Å². The van der Waals surface area contributed by atoms with Crippen LogP contribution in [0.2, 0.25) is 10.0 Å². The van der Waals surface area contributed by atoms with Gasteiger partial charge in [0.15, 0.2) is 0 Å². The highest BCUT2D eigenvalue weighted by molar-refractivity contribution is 6.36. The molecule has 0 aliphatic heterocycles. The summed E-state index contributed by atoms with van der Waals surface area (Å²) in [4.78, 5) is 0. The van der Waals surface area contributed by atoms with E-state index in [4.69, 9.17) is 34.2 Å². The van der Waals surface area contributed by atoms with Crippen LogP contribution in [0.1, 0.15) is 5.56 Å². The number of anilines is 1. The lowest BCUT2D eigenvalue weighted by Crippen LogP contribution is -1.88. The Balaban J connectivity index is 3.39. The van der Waals surface area contributed by atoms with Crippen LogP contribution in [0.5, 0.6) is 0 Å². The number of halogens is 2. The number of rotatable bonds is 0. The molecule has 0 radical (unpaired) electrons. The minimum absolute atomic E-state index is 0.261. The molecular weight excluding hydrogens is 183 g/mol. The molecule has 0 aliphatic rings. The number of nitrogen functional groups attached to an aromatic ring is 1.